The first-order chi connectivity index (χ1) is 14.7. The van der Waals surface area contributed by atoms with E-state index in [1.54, 1.807) is 23.1 Å². The molecular weight excluding hydrogens is 413 g/mol. The first-order valence-corrected chi connectivity index (χ1v) is 9.52. The third-order valence-electron chi connectivity index (χ3n) is 5.14. The van der Waals surface area contributed by atoms with Gasteiger partial charge in [0, 0.05) is 54.4 Å². The SMILES string of the molecule is NC(=O)c1ccc(N2CCN(C(=O)c3cc4ccc(OC(F)(F)F)cc4[nH]3)CC2)cc1. The smallest absolute Gasteiger partial charge is 0.406 e. The first kappa shape index (κ1) is 20.6. The fraction of sp³-hybridized carbons (Fsp3) is 0.238. The quantitative estimate of drug-likeness (QED) is 0.663. The number of nitrogens with one attached hydrogen (secondary N) is 1. The van der Waals surface area contributed by atoms with Crippen LogP contribution in [0.15, 0.2) is 48.5 Å². The first-order valence-electron chi connectivity index (χ1n) is 9.52. The molecule has 0 atom stereocenters. The van der Waals surface area contributed by atoms with Gasteiger partial charge in [-0.3, -0.25) is 9.59 Å². The van der Waals surface area contributed by atoms with Gasteiger partial charge < -0.3 is 25.3 Å². The van der Waals surface area contributed by atoms with Gasteiger partial charge >= 0.3 is 6.36 Å². The van der Waals surface area contributed by atoms with Gasteiger partial charge in [-0.25, -0.2) is 0 Å². The van der Waals surface area contributed by atoms with Crippen LogP contribution in [0.5, 0.6) is 5.75 Å². The number of halogens is 3. The van der Waals surface area contributed by atoms with E-state index in [-0.39, 0.29) is 11.7 Å². The van der Waals surface area contributed by atoms with Crippen LogP contribution in [0, 0.1) is 0 Å². The van der Waals surface area contributed by atoms with E-state index < -0.39 is 12.3 Å². The fourth-order valence-corrected chi connectivity index (χ4v) is 3.59. The second-order valence-electron chi connectivity index (χ2n) is 7.17. The Hall–Kier alpha value is -3.69. The van der Waals surface area contributed by atoms with E-state index in [1.165, 1.54) is 18.2 Å². The van der Waals surface area contributed by atoms with Crippen molar-refractivity contribution in [2.75, 3.05) is 31.1 Å². The molecule has 0 saturated carbocycles. The molecule has 3 N–H and O–H groups in total. The number of carbonyl (C=O) groups excluding carboxylic acids is 2. The molecule has 0 radical (unpaired) electrons. The fourth-order valence-electron chi connectivity index (χ4n) is 3.59. The topological polar surface area (TPSA) is 91.7 Å². The molecule has 31 heavy (non-hydrogen) atoms. The number of nitrogens with two attached hydrogens (primary N) is 1. The van der Waals surface area contributed by atoms with Crippen molar-refractivity contribution in [3.05, 3.63) is 59.8 Å². The van der Waals surface area contributed by atoms with E-state index in [1.807, 2.05) is 12.1 Å². The van der Waals surface area contributed by atoms with Crippen LogP contribution in [0.25, 0.3) is 10.9 Å². The number of carbonyl (C=O) groups is 2. The van der Waals surface area contributed by atoms with Gasteiger partial charge in [-0.1, -0.05) is 0 Å². The van der Waals surface area contributed by atoms with E-state index in [0.29, 0.717) is 48.3 Å². The van der Waals surface area contributed by atoms with Gasteiger partial charge in [-0.05, 0) is 42.5 Å². The van der Waals surface area contributed by atoms with Crippen molar-refractivity contribution >= 4 is 28.4 Å². The van der Waals surface area contributed by atoms with E-state index in [9.17, 15) is 22.8 Å². The van der Waals surface area contributed by atoms with Gasteiger partial charge in [0.2, 0.25) is 5.91 Å². The summed E-state index contributed by atoms with van der Waals surface area (Å²) >= 11 is 0. The minimum atomic E-state index is -4.78. The molecule has 4 rings (SSSR count). The van der Waals surface area contributed by atoms with Gasteiger partial charge in [0.05, 0.1) is 0 Å². The summed E-state index contributed by atoms with van der Waals surface area (Å²) in [5, 5.41) is 0.617. The standard InChI is InChI=1S/C21H19F3N4O3/c22-21(23,24)31-16-6-3-14-11-18(26-17(14)12-16)20(30)28-9-7-27(8-10-28)15-4-1-13(2-5-15)19(25)29/h1-6,11-12,26H,7-10H2,(H2,25,29). The number of aromatic nitrogens is 1. The lowest BCUT2D eigenvalue weighted by molar-refractivity contribution is -0.274. The Morgan fingerprint density at radius 3 is 2.26 bits per heavy atom. The maximum Gasteiger partial charge on any atom is 0.573 e. The van der Waals surface area contributed by atoms with Crippen LogP contribution in [-0.4, -0.2) is 54.2 Å². The predicted octanol–water partition coefficient (Wildman–Crippen LogP) is 3.13. The molecule has 7 nitrogen and oxygen atoms in total. The van der Waals surface area contributed by atoms with Crippen LogP contribution in [0.1, 0.15) is 20.8 Å². The molecule has 2 amide bonds. The molecular formula is C21H19F3N4O3. The third kappa shape index (κ3) is 4.57. The summed E-state index contributed by atoms with van der Waals surface area (Å²) in [6, 6.07) is 12.5. The Morgan fingerprint density at radius 1 is 0.968 bits per heavy atom. The van der Waals surface area contributed by atoms with Gasteiger partial charge in [-0.2, -0.15) is 0 Å². The number of alkyl halides is 3. The number of rotatable bonds is 4. The van der Waals surface area contributed by atoms with Crippen LogP contribution in [0.4, 0.5) is 18.9 Å². The van der Waals surface area contributed by atoms with Crippen molar-refractivity contribution in [1.29, 1.82) is 0 Å². The number of benzene rings is 2. The summed E-state index contributed by atoms with van der Waals surface area (Å²) in [5.74, 6) is -1.06. The number of hydrogen-bond acceptors (Lipinski definition) is 4. The molecule has 0 aliphatic carbocycles. The van der Waals surface area contributed by atoms with Crippen molar-refractivity contribution in [2.45, 2.75) is 6.36 Å². The zero-order valence-electron chi connectivity index (χ0n) is 16.3. The normalized spacial score (nSPS) is 14.7. The van der Waals surface area contributed by atoms with E-state index in [4.69, 9.17) is 5.73 Å². The number of hydrogen-bond donors (Lipinski definition) is 2. The van der Waals surface area contributed by atoms with Gasteiger partial charge in [0.15, 0.2) is 0 Å². The van der Waals surface area contributed by atoms with Gasteiger partial charge in [0.1, 0.15) is 11.4 Å². The molecule has 2 aromatic carbocycles. The molecule has 1 aliphatic rings. The van der Waals surface area contributed by atoms with Crippen molar-refractivity contribution in [3.8, 4) is 5.75 Å². The monoisotopic (exact) mass is 432 g/mol. The molecule has 2 heterocycles. The molecule has 0 bridgehead atoms. The lowest BCUT2D eigenvalue weighted by Crippen LogP contribution is -2.48. The number of primary amides is 1. The maximum atomic E-state index is 12.9. The second kappa shape index (κ2) is 7.86. The molecule has 1 aromatic heterocycles. The van der Waals surface area contributed by atoms with Gasteiger partial charge in [0.25, 0.3) is 5.91 Å². The van der Waals surface area contributed by atoms with Crippen LogP contribution in [-0.2, 0) is 0 Å². The van der Waals surface area contributed by atoms with Crippen molar-refractivity contribution < 1.29 is 27.5 Å². The average molecular weight is 432 g/mol. The summed E-state index contributed by atoms with van der Waals surface area (Å²) in [4.78, 5) is 30.7. The van der Waals surface area contributed by atoms with Gasteiger partial charge in [-0.15, -0.1) is 13.2 Å². The van der Waals surface area contributed by atoms with E-state index in [2.05, 4.69) is 14.6 Å². The molecule has 10 heteroatoms. The summed E-state index contributed by atoms with van der Waals surface area (Å²) in [6.45, 7) is 2.17. The lowest BCUT2D eigenvalue weighted by atomic mass is 10.1. The number of anilines is 1. The highest BCUT2D eigenvalue weighted by atomic mass is 19.4. The lowest BCUT2D eigenvalue weighted by Gasteiger charge is -2.36. The minimum Gasteiger partial charge on any atom is -0.406 e. The molecule has 3 aromatic rings. The molecule has 1 aliphatic heterocycles. The highest BCUT2D eigenvalue weighted by Crippen LogP contribution is 2.27. The summed E-state index contributed by atoms with van der Waals surface area (Å²) in [5.41, 5.74) is 7.31. The van der Waals surface area contributed by atoms with Crippen LogP contribution in [0.3, 0.4) is 0 Å². The number of ether oxygens (including phenoxy) is 1. The molecule has 0 spiro atoms. The Bertz CT molecular complexity index is 1120. The van der Waals surface area contributed by atoms with Crippen LogP contribution < -0.4 is 15.4 Å². The number of piperazine rings is 1. The van der Waals surface area contributed by atoms with Crippen molar-refractivity contribution in [2.24, 2.45) is 5.73 Å². The number of H-pyrrole nitrogens is 1. The Labute approximate surface area is 175 Å². The second-order valence-corrected chi connectivity index (χ2v) is 7.17. The summed E-state index contributed by atoms with van der Waals surface area (Å²) < 4.78 is 41.2. The van der Waals surface area contributed by atoms with Crippen molar-refractivity contribution in [1.82, 2.24) is 9.88 Å². The molecule has 1 fully saturated rings. The molecule has 162 valence electrons. The number of nitrogens with zero attached hydrogens (tertiary/aromatic N) is 2. The summed E-state index contributed by atoms with van der Waals surface area (Å²) in [7, 11) is 0. The number of fused-ring (bicyclic) bond motifs is 1. The largest absolute Gasteiger partial charge is 0.573 e. The Kier molecular flexibility index (Phi) is 5.22. The Morgan fingerprint density at radius 2 is 1.65 bits per heavy atom. The third-order valence-corrected chi connectivity index (χ3v) is 5.14. The zero-order chi connectivity index (χ0) is 22.2. The van der Waals surface area contributed by atoms with E-state index >= 15 is 0 Å². The Balaban J connectivity index is 1.42. The average Bonchev–Trinajstić information content (AvgIpc) is 3.15. The molecule has 0 unspecified atom stereocenters. The summed E-state index contributed by atoms with van der Waals surface area (Å²) in [6.07, 6.45) is -4.78. The zero-order valence-corrected chi connectivity index (χ0v) is 16.3. The molecule has 1 saturated heterocycles. The van der Waals surface area contributed by atoms with Crippen LogP contribution in [0.2, 0.25) is 0 Å². The van der Waals surface area contributed by atoms with E-state index in [0.717, 1.165) is 5.69 Å². The van der Waals surface area contributed by atoms with Crippen LogP contribution >= 0.6 is 0 Å². The number of aromatic amines is 1. The maximum absolute atomic E-state index is 12.9. The highest BCUT2D eigenvalue weighted by Gasteiger charge is 2.31. The minimum absolute atomic E-state index is 0.224. The van der Waals surface area contributed by atoms with Crippen molar-refractivity contribution in [3.63, 3.8) is 0 Å². The predicted molar refractivity (Wildman–Crippen MR) is 108 cm³/mol. The number of amides is 2. The highest BCUT2D eigenvalue weighted by molar-refractivity contribution is 5.98.